The third-order valence-corrected chi connectivity index (χ3v) is 16.7. The van der Waals surface area contributed by atoms with Crippen LogP contribution in [-0.2, 0) is 28.4 Å². The number of nitrogens with zero attached hydrogens (tertiary/aromatic N) is 4. The number of hydrogen-bond donors (Lipinski definition) is 0. The van der Waals surface area contributed by atoms with E-state index in [4.69, 9.17) is 9.97 Å². The van der Waals surface area contributed by atoms with Gasteiger partial charge >= 0.3 is 0 Å². The third kappa shape index (κ3) is 9.12. The van der Waals surface area contributed by atoms with E-state index in [1.165, 1.54) is 5.56 Å². The summed E-state index contributed by atoms with van der Waals surface area (Å²) in [6, 6.07) is 12.5. The Morgan fingerprint density at radius 1 is 0.721 bits per heavy atom. The van der Waals surface area contributed by atoms with Crippen molar-refractivity contribution in [1.82, 2.24) is 19.9 Å². The van der Waals surface area contributed by atoms with Crippen molar-refractivity contribution in [2.75, 3.05) is 0 Å². The van der Waals surface area contributed by atoms with Gasteiger partial charge in [-0.25, -0.2) is 11.3 Å². The zero-order chi connectivity index (χ0) is 31.6. The van der Waals surface area contributed by atoms with E-state index in [9.17, 15) is 0 Å². The summed E-state index contributed by atoms with van der Waals surface area (Å²) in [6.07, 6.45) is 12.0. The topological polar surface area (TPSA) is 51.6 Å². The Bertz CT molecular complexity index is 1330. The zero-order valence-electron chi connectivity index (χ0n) is 28.3. The van der Waals surface area contributed by atoms with Crippen molar-refractivity contribution in [2.45, 2.75) is 102 Å². The molecule has 240 valence electrons. The molecule has 0 aliphatic carbocycles. The normalized spacial score (nSPS) is 12.9. The van der Waals surface area contributed by atoms with Gasteiger partial charge < -0.3 is 30.3 Å². The fourth-order valence-electron chi connectivity index (χ4n) is 5.94. The molecule has 1 atom stereocenters. The SMILES string of the molecule is CC(C)(C)P(C[c-]1c(C(P)(c2cnccn2)c2cnccn2)cc([Si](C)(C)C)c1[Si](C)(C)C)C(C)(C)C.[Fe].[cH-]1[cH-][cH-][cH-][cH-]1. The minimum atomic E-state index is -1.71. The first kappa shape index (κ1) is 37.9. The summed E-state index contributed by atoms with van der Waals surface area (Å²) in [6.45, 7) is 29.6. The van der Waals surface area contributed by atoms with Crippen molar-refractivity contribution in [3.8, 4) is 0 Å². The molecule has 2 heterocycles. The second-order valence-corrected chi connectivity index (χ2v) is 30.0. The van der Waals surface area contributed by atoms with Gasteiger partial charge in [-0.2, -0.15) is 5.19 Å². The predicted molar refractivity (Wildman–Crippen MR) is 194 cm³/mol. The summed E-state index contributed by atoms with van der Waals surface area (Å²) < 4.78 is 0. The molecule has 0 fully saturated rings. The molecule has 1 unspecified atom stereocenters. The molecule has 43 heavy (non-hydrogen) atoms. The fourth-order valence-corrected chi connectivity index (χ4v) is 16.0. The summed E-state index contributed by atoms with van der Waals surface area (Å²) in [7, 11) is -0.556. The molecular formula is C34H52FeN4P2Si2-6. The van der Waals surface area contributed by atoms with Crippen molar-refractivity contribution in [1.29, 1.82) is 0 Å². The second-order valence-electron chi connectivity index (χ2n) is 15.2. The molecule has 2 aromatic heterocycles. The van der Waals surface area contributed by atoms with Gasteiger partial charge in [0.05, 0.1) is 24.6 Å². The van der Waals surface area contributed by atoms with E-state index in [2.05, 4.69) is 106 Å². The number of rotatable bonds is 7. The van der Waals surface area contributed by atoms with Gasteiger partial charge in [0.2, 0.25) is 0 Å². The Balaban J connectivity index is 0.000000973. The van der Waals surface area contributed by atoms with Crippen LogP contribution in [0.15, 0.2) is 73.6 Å². The maximum absolute atomic E-state index is 4.86. The van der Waals surface area contributed by atoms with Crippen LogP contribution in [0.1, 0.15) is 64.1 Å². The van der Waals surface area contributed by atoms with Gasteiger partial charge in [0.15, 0.2) is 0 Å². The first-order valence-electron chi connectivity index (χ1n) is 14.9. The van der Waals surface area contributed by atoms with E-state index in [1.807, 2.05) is 42.7 Å². The molecule has 0 aliphatic rings. The molecule has 4 rings (SSSR count). The van der Waals surface area contributed by atoms with Crippen LogP contribution in [-0.4, -0.2) is 46.4 Å². The molecule has 0 N–H and O–H groups in total. The molecule has 0 saturated heterocycles. The van der Waals surface area contributed by atoms with E-state index >= 15 is 0 Å². The molecule has 0 radical (unpaired) electrons. The van der Waals surface area contributed by atoms with Gasteiger partial charge in [0, 0.05) is 62.3 Å². The Morgan fingerprint density at radius 3 is 1.44 bits per heavy atom. The van der Waals surface area contributed by atoms with Gasteiger partial charge in [-0.3, -0.25) is 19.9 Å². The summed E-state index contributed by atoms with van der Waals surface area (Å²) in [5.41, 5.74) is 4.66. The van der Waals surface area contributed by atoms with Crippen LogP contribution in [0.25, 0.3) is 0 Å². The van der Waals surface area contributed by atoms with Crippen LogP contribution in [0.5, 0.6) is 0 Å². The Hall–Kier alpha value is -1.33. The van der Waals surface area contributed by atoms with Gasteiger partial charge in [0.1, 0.15) is 0 Å². The average Bonchev–Trinajstić information content (AvgIpc) is 3.58. The smallest absolute Gasteiger partial charge is 0.0769 e. The van der Waals surface area contributed by atoms with Crippen LogP contribution in [0, 0.1) is 0 Å². The van der Waals surface area contributed by atoms with Crippen LogP contribution in [0.2, 0.25) is 39.3 Å². The molecule has 0 aliphatic heterocycles. The van der Waals surface area contributed by atoms with E-state index in [-0.39, 0.29) is 35.3 Å². The standard InChI is InChI=1S/C29H47N4P2Si2.C5H5.Fe/c1-27(2,3)35(28(4,5)6)20-21-22(17-23(36(7,8)9)26(21)37(10,11)12)29(34,24-18-30-13-15-32-24)25-19-31-14-16-33-25;1-2-4-5-3-1;/h13-19H,20,34H2,1-12H3;1-5H;/q-1;-5;. The maximum Gasteiger partial charge on any atom is 0.0769 e. The van der Waals surface area contributed by atoms with Crippen LogP contribution < -0.4 is 10.4 Å². The van der Waals surface area contributed by atoms with Crippen LogP contribution in [0.3, 0.4) is 0 Å². The molecular weight excluding hydrogens is 638 g/mol. The quantitative estimate of drug-likeness (QED) is 0.111. The van der Waals surface area contributed by atoms with Gasteiger partial charge in [-0.05, 0) is 10.3 Å². The molecule has 0 spiro atoms. The van der Waals surface area contributed by atoms with Crippen LogP contribution in [0.4, 0.5) is 0 Å². The average molecular weight is 691 g/mol. The monoisotopic (exact) mass is 690 g/mol. The van der Waals surface area contributed by atoms with E-state index in [1.54, 1.807) is 40.7 Å². The Kier molecular flexibility index (Phi) is 12.7. The first-order valence-corrected chi connectivity index (χ1v) is 24.0. The summed E-state index contributed by atoms with van der Waals surface area (Å²) in [5.74, 6) is 0. The Labute approximate surface area is 277 Å². The molecule has 9 heteroatoms. The minimum Gasteiger partial charge on any atom is -0.748 e. The van der Waals surface area contributed by atoms with Gasteiger partial charge in [-0.15, -0.1) is 28.3 Å². The Morgan fingerprint density at radius 2 is 1.14 bits per heavy atom. The van der Waals surface area contributed by atoms with Gasteiger partial charge in [-0.1, -0.05) is 87.0 Å². The molecule has 0 bridgehead atoms. The summed E-state index contributed by atoms with van der Waals surface area (Å²) in [5, 5.41) is 3.10. The van der Waals surface area contributed by atoms with Crippen molar-refractivity contribution >= 4 is 43.7 Å². The summed E-state index contributed by atoms with van der Waals surface area (Å²) in [4.78, 5) is 18.7. The molecule has 0 amide bonds. The van der Waals surface area contributed by atoms with Crippen molar-refractivity contribution in [3.05, 3.63) is 96.1 Å². The molecule has 4 nitrogen and oxygen atoms in total. The summed E-state index contributed by atoms with van der Waals surface area (Å²) >= 11 is 0. The van der Waals surface area contributed by atoms with Crippen molar-refractivity contribution in [3.63, 3.8) is 0 Å². The van der Waals surface area contributed by atoms with Crippen LogP contribution >= 0.6 is 17.2 Å². The zero-order valence-corrected chi connectivity index (χ0v) is 33.5. The van der Waals surface area contributed by atoms with E-state index < -0.39 is 21.3 Å². The second kappa shape index (κ2) is 14.4. The molecule has 0 saturated carbocycles. The first-order chi connectivity index (χ1) is 19.3. The number of hydrogen-bond acceptors (Lipinski definition) is 4. The molecule has 4 aromatic rings. The van der Waals surface area contributed by atoms with Gasteiger partial charge in [0.25, 0.3) is 0 Å². The fraction of sp³-hybridized carbons (Fsp3) is 0.471. The number of aromatic nitrogens is 4. The largest absolute Gasteiger partial charge is 0.748 e. The third-order valence-electron chi connectivity index (χ3n) is 7.59. The van der Waals surface area contributed by atoms with Crippen molar-refractivity contribution < 1.29 is 17.1 Å². The predicted octanol–water partition coefficient (Wildman–Crippen LogP) is 8.22. The van der Waals surface area contributed by atoms with E-state index in [0.717, 1.165) is 17.5 Å². The van der Waals surface area contributed by atoms with E-state index in [0.29, 0.717) is 0 Å². The van der Waals surface area contributed by atoms with Crippen molar-refractivity contribution in [2.24, 2.45) is 0 Å². The maximum atomic E-state index is 4.86. The molecule has 2 aromatic carbocycles. The minimum absolute atomic E-state index is 0.